The molecule has 6 rings (SSSR count). The number of thiophene rings is 1. The van der Waals surface area contributed by atoms with Crippen LogP contribution in [0, 0.1) is 22.7 Å². The van der Waals surface area contributed by atoms with E-state index in [1.165, 1.54) is 37.1 Å². The first kappa shape index (κ1) is 23.7. The van der Waals surface area contributed by atoms with E-state index in [9.17, 15) is 10.2 Å². The van der Waals surface area contributed by atoms with Gasteiger partial charge in [0.15, 0.2) is 0 Å². The van der Waals surface area contributed by atoms with E-state index in [-0.39, 0.29) is 16.9 Å². The molecule has 1 aliphatic heterocycles. The normalized spacial score (nSPS) is 46.6. The third-order valence-corrected chi connectivity index (χ3v) is 12.0. The van der Waals surface area contributed by atoms with Gasteiger partial charge in [-0.2, -0.15) is 11.3 Å². The maximum atomic E-state index is 12.7. The number of likely N-dealkylation sites (tertiary alicyclic amines) is 1. The predicted octanol–water partition coefficient (Wildman–Crippen LogP) is 5.49. The number of hydrogen-bond acceptors (Lipinski definition) is 5. The van der Waals surface area contributed by atoms with E-state index >= 15 is 0 Å². The summed E-state index contributed by atoms with van der Waals surface area (Å²) in [6, 6.07) is 2.26. The fourth-order valence-corrected chi connectivity index (χ4v) is 10.0. The highest BCUT2D eigenvalue weighted by Gasteiger charge is 2.72. The second-order valence-electron chi connectivity index (χ2n) is 12.5. The van der Waals surface area contributed by atoms with E-state index in [0.717, 1.165) is 64.5 Å². The van der Waals surface area contributed by atoms with Crippen molar-refractivity contribution in [2.45, 2.75) is 95.4 Å². The standard InChI is InChI=1S/C29H43NO3S/c1-26-10-7-23(31)19-21(26)5-6-25-24(26)8-11-27(2)28(25,32)12-13-29(27,22-9-18-34-20-22)33-17-16-30-14-3-4-15-30/h9,18-20,23-25,31-32H,3-8,10-17H2,1-2H3/t23-,24-,25+,26-,27-,28-,29-/m0/s1. The molecule has 0 unspecified atom stereocenters. The number of aliphatic hydroxyl groups is 2. The second-order valence-corrected chi connectivity index (χ2v) is 13.3. The van der Waals surface area contributed by atoms with Crippen molar-refractivity contribution >= 4 is 11.3 Å². The van der Waals surface area contributed by atoms with E-state index in [2.05, 4.69) is 41.6 Å². The largest absolute Gasteiger partial charge is 0.389 e. The Kier molecular flexibility index (Phi) is 5.85. The van der Waals surface area contributed by atoms with Crippen molar-refractivity contribution in [1.82, 2.24) is 4.90 Å². The summed E-state index contributed by atoms with van der Waals surface area (Å²) < 4.78 is 7.02. The highest BCUT2D eigenvalue weighted by atomic mass is 32.1. The molecule has 0 amide bonds. The van der Waals surface area contributed by atoms with Crippen molar-refractivity contribution in [1.29, 1.82) is 0 Å². The number of allylic oxidation sites excluding steroid dienone is 1. The van der Waals surface area contributed by atoms with Crippen molar-refractivity contribution in [2.24, 2.45) is 22.7 Å². The zero-order valence-corrected chi connectivity index (χ0v) is 21.9. The summed E-state index contributed by atoms with van der Waals surface area (Å²) in [5.74, 6) is 0.812. The Morgan fingerprint density at radius 2 is 1.88 bits per heavy atom. The summed E-state index contributed by atoms with van der Waals surface area (Å²) in [5, 5.41) is 27.5. The molecule has 2 N–H and O–H groups in total. The van der Waals surface area contributed by atoms with Gasteiger partial charge in [0.1, 0.15) is 5.60 Å². The van der Waals surface area contributed by atoms with E-state index in [1.807, 2.05) is 0 Å². The van der Waals surface area contributed by atoms with Crippen LogP contribution in [0.2, 0.25) is 0 Å². The van der Waals surface area contributed by atoms with Crippen LogP contribution in [-0.2, 0) is 10.3 Å². The highest BCUT2D eigenvalue weighted by molar-refractivity contribution is 7.08. The lowest BCUT2D eigenvalue weighted by atomic mass is 9.44. The summed E-state index contributed by atoms with van der Waals surface area (Å²) in [6.45, 7) is 8.94. The molecular weight excluding hydrogens is 442 g/mol. The molecule has 4 fully saturated rings. The smallest absolute Gasteiger partial charge is 0.102 e. The lowest BCUT2D eigenvalue weighted by Crippen LogP contribution is -2.64. The topological polar surface area (TPSA) is 52.9 Å². The molecule has 188 valence electrons. The molecule has 4 aliphatic carbocycles. The Bertz CT molecular complexity index is 926. The Labute approximate surface area is 209 Å². The minimum Gasteiger partial charge on any atom is -0.389 e. The monoisotopic (exact) mass is 485 g/mol. The number of aliphatic hydroxyl groups excluding tert-OH is 1. The quantitative estimate of drug-likeness (QED) is 0.541. The summed E-state index contributed by atoms with van der Waals surface area (Å²) in [5.41, 5.74) is 1.51. The van der Waals surface area contributed by atoms with Crippen molar-refractivity contribution in [3.05, 3.63) is 34.0 Å². The van der Waals surface area contributed by atoms with Crippen molar-refractivity contribution < 1.29 is 14.9 Å². The minimum absolute atomic E-state index is 0.128. The predicted molar refractivity (Wildman–Crippen MR) is 137 cm³/mol. The highest BCUT2D eigenvalue weighted by Crippen LogP contribution is 2.72. The number of fused-ring (bicyclic) bond motifs is 5. The molecule has 0 aromatic carbocycles. The molecule has 1 aromatic rings. The molecule has 5 aliphatic rings. The molecule has 34 heavy (non-hydrogen) atoms. The summed E-state index contributed by atoms with van der Waals surface area (Å²) >= 11 is 1.75. The van der Waals surface area contributed by atoms with Crippen LogP contribution in [0.25, 0.3) is 0 Å². The summed E-state index contributed by atoms with van der Waals surface area (Å²) in [6.07, 6.45) is 12.4. The SMILES string of the molecule is C[C@]12CC[C@H]3[C@@H](CCC4=C[C@@H](O)CC[C@@]43C)[C@@]1(O)CC[C@]2(OCCN1CCCC1)c1ccsc1. The number of rotatable bonds is 5. The number of nitrogens with zero attached hydrogens (tertiary/aromatic N) is 1. The molecule has 5 heteroatoms. The second kappa shape index (κ2) is 8.41. The van der Waals surface area contributed by atoms with Crippen LogP contribution < -0.4 is 0 Å². The molecule has 0 radical (unpaired) electrons. The Hall–Kier alpha value is -0.720. The van der Waals surface area contributed by atoms with E-state index in [4.69, 9.17) is 4.74 Å². The maximum Gasteiger partial charge on any atom is 0.102 e. The van der Waals surface area contributed by atoms with Gasteiger partial charge in [-0.1, -0.05) is 25.5 Å². The average molecular weight is 486 g/mol. The first-order valence-electron chi connectivity index (χ1n) is 13.8. The van der Waals surface area contributed by atoms with Crippen LogP contribution in [-0.4, -0.2) is 53.1 Å². The van der Waals surface area contributed by atoms with Gasteiger partial charge in [-0.05, 0) is 117 Å². The van der Waals surface area contributed by atoms with Crippen molar-refractivity contribution in [3.8, 4) is 0 Å². The van der Waals surface area contributed by atoms with Gasteiger partial charge in [0.05, 0.1) is 18.3 Å². The zero-order chi connectivity index (χ0) is 23.6. The van der Waals surface area contributed by atoms with E-state index in [0.29, 0.717) is 11.8 Å². The lowest BCUT2D eigenvalue weighted by Gasteiger charge is -2.63. The van der Waals surface area contributed by atoms with Gasteiger partial charge in [0.2, 0.25) is 0 Å². The third kappa shape index (κ3) is 3.23. The van der Waals surface area contributed by atoms with Gasteiger partial charge in [0, 0.05) is 12.0 Å². The molecule has 4 nitrogen and oxygen atoms in total. The molecule has 7 atom stereocenters. The Morgan fingerprint density at radius 3 is 2.65 bits per heavy atom. The molecule has 0 spiro atoms. The van der Waals surface area contributed by atoms with Crippen LogP contribution in [0.4, 0.5) is 0 Å². The van der Waals surface area contributed by atoms with Crippen LogP contribution >= 0.6 is 11.3 Å². The van der Waals surface area contributed by atoms with Crippen LogP contribution in [0.5, 0.6) is 0 Å². The zero-order valence-electron chi connectivity index (χ0n) is 21.1. The molecule has 0 bridgehead atoms. The van der Waals surface area contributed by atoms with Gasteiger partial charge in [-0.15, -0.1) is 0 Å². The van der Waals surface area contributed by atoms with Crippen LogP contribution in [0.3, 0.4) is 0 Å². The summed E-state index contributed by atoms with van der Waals surface area (Å²) in [4.78, 5) is 2.54. The number of hydrogen-bond donors (Lipinski definition) is 2. The van der Waals surface area contributed by atoms with Gasteiger partial charge in [-0.25, -0.2) is 0 Å². The van der Waals surface area contributed by atoms with Gasteiger partial charge in [-0.3, -0.25) is 0 Å². The molecule has 3 saturated carbocycles. The van der Waals surface area contributed by atoms with Crippen molar-refractivity contribution in [2.75, 3.05) is 26.2 Å². The molecule has 1 aromatic heterocycles. The first-order chi connectivity index (χ1) is 16.3. The summed E-state index contributed by atoms with van der Waals surface area (Å²) in [7, 11) is 0. The molecular formula is C29H43NO3S. The fraction of sp³-hybridized carbons (Fsp3) is 0.793. The molecule has 2 heterocycles. The maximum absolute atomic E-state index is 12.7. The number of ether oxygens (including phenoxy) is 1. The van der Waals surface area contributed by atoms with Crippen LogP contribution in [0.15, 0.2) is 28.5 Å². The average Bonchev–Trinajstić information content (AvgIpc) is 3.57. The lowest BCUT2D eigenvalue weighted by molar-refractivity contribution is -0.235. The van der Waals surface area contributed by atoms with E-state index < -0.39 is 11.2 Å². The Morgan fingerprint density at radius 1 is 1.06 bits per heavy atom. The first-order valence-corrected chi connectivity index (χ1v) is 14.8. The van der Waals surface area contributed by atoms with Gasteiger partial charge >= 0.3 is 0 Å². The van der Waals surface area contributed by atoms with Gasteiger partial charge in [0.25, 0.3) is 0 Å². The molecule has 1 saturated heterocycles. The minimum atomic E-state index is -0.698. The van der Waals surface area contributed by atoms with Gasteiger partial charge < -0.3 is 19.8 Å². The fourth-order valence-electron chi connectivity index (χ4n) is 9.31. The van der Waals surface area contributed by atoms with E-state index in [1.54, 1.807) is 11.3 Å². The van der Waals surface area contributed by atoms with Crippen molar-refractivity contribution in [3.63, 3.8) is 0 Å². The third-order valence-electron chi connectivity index (χ3n) is 11.3. The Balaban J connectivity index is 1.32. The van der Waals surface area contributed by atoms with Crippen LogP contribution in [0.1, 0.15) is 83.6 Å².